The van der Waals surface area contributed by atoms with E-state index in [4.69, 9.17) is 21.4 Å². The number of imidazole rings is 1. The fourth-order valence-corrected chi connectivity index (χ4v) is 4.84. The Morgan fingerprint density at radius 2 is 1.77 bits per heavy atom. The number of guanidine groups is 2. The number of benzene rings is 2. The number of hydrogen-bond acceptors (Lipinski definition) is 6. The monoisotopic (exact) mass is 401 g/mol. The number of aromatic nitrogens is 2. The lowest BCUT2D eigenvalue weighted by atomic mass is 9.87. The van der Waals surface area contributed by atoms with Crippen LogP contribution in [0.5, 0.6) is 0 Å². The predicted octanol–water partition coefficient (Wildman–Crippen LogP) is 3.50. The first-order chi connectivity index (χ1) is 14.6. The van der Waals surface area contributed by atoms with Crippen molar-refractivity contribution in [3.8, 4) is 0 Å². The molecule has 30 heavy (non-hydrogen) atoms. The molecule has 1 fully saturated rings. The van der Waals surface area contributed by atoms with Crippen molar-refractivity contribution in [2.24, 2.45) is 21.5 Å². The van der Waals surface area contributed by atoms with E-state index in [2.05, 4.69) is 56.9 Å². The van der Waals surface area contributed by atoms with Gasteiger partial charge in [-0.2, -0.15) is 4.99 Å². The summed E-state index contributed by atoms with van der Waals surface area (Å²) < 4.78 is 2.24. The van der Waals surface area contributed by atoms with Crippen molar-refractivity contribution in [3.05, 3.63) is 59.9 Å². The third kappa shape index (κ3) is 3.10. The lowest BCUT2D eigenvalue weighted by molar-refractivity contribution is 0.305. The van der Waals surface area contributed by atoms with Crippen LogP contribution < -0.4 is 16.4 Å². The van der Waals surface area contributed by atoms with Gasteiger partial charge in [0.25, 0.3) is 0 Å². The molecule has 0 saturated heterocycles. The quantitative estimate of drug-likeness (QED) is 0.702. The Balaban J connectivity index is 1.56. The normalized spacial score (nSPS) is 18.5. The number of aliphatic imine (C=N–C) groups is 2. The Bertz CT molecular complexity index is 1140. The van der Waals surface area contributed by atoms with Gasteiger partial charge in [0.05, 0.1) is 11.0 Å². The van der Waals surface area contributed by atoms with Crippen LogP contribution in [0.15, 0.2) is 58.5 Å². The lowest BCUT2D eigenvalue weighted by Gasteiger charge is -2.45. The van der Waals surface area contributed by atoms with Gasteiger partial charge in [0.2, 0.25) is 11.9 Å². The summed E-state index contributed by atoms with van der Waals surface area (Å²) in [6.07, 6.45) is 5.26. The first kappa shape index (κ1) is 18.7. The minimum Gasteiger partial charge on any atom is -0.369 e. The number of nitrogens with two attached hydrogens (primary N) is 2. The number of nitrogens with zero attached hydrogens (tertiary/aromatic N) is 5. The molecule has 5 rings (SSSR count). The van der Waals surface area contributed by atoms with Crippen molar-refractivity contribution < 1.29 is 0 Å². The van der Waals surface area contributed by atoms with E-state index < -0.39 is 5.66 Å². The summed E-state index contributed by atoms with van der Waals surface area (Å²) in [5.74, 6) is 1.67. The maximum absolute atomic E-state index is 6.38. The second-order valence-corrected chi connectivity index (χ2v) is 8.22. The van der Waals surface area contributed by atoms with Gasteiger partial charge in [-0.25, -0.2) is 9.98 Å². The molecule has 2 heterocycles. The van der Waals surface area contributed by atoms with Crippen molar-refractivity contribution >= 4 is 28.6 Å². The summed E-state index contributed by atoms with van der Waals surface area (Å²) in [5.41, 5.74) is 16.2. The van der Waals surface area contributed by atoms with Gasteiger partial charge in [-0.05, 0) is 56.4 Å². The molecule has 0 atom stereocenters. The number of rotatable bonds is 3. The van der Waals surface area contributed by atoms with E-state index in [1.807, 2.05) is 13.0 Å². The van der Waals surface area contributed by atoms with Gasteiger partial charge in [0.1, 0.15) is 11.5 Å². The van der Waals surface area contributed by atoms with Crippen LogP contribution >= 0.6 is 0 Å². The molecule has 0 amide bonds. The van der Waals surface area contributed by atoms with Crippen molar-refractivity contribution in [3.63, 3.8) is 0 Å². The average Bonchev–Trinajstić information content (AvgIpc) is 3.03. The molecule has 7 heteroatoms. The number of aryl methyl sites for hydroxylation is 1. The third-order valence-corrected chi connectivity index (χ3v) is 6.22. The Labute approximate surface area is 176 Å². The van der Waals surface area contributed by atoms with E-state index in [0.29, 0.717) is 5.96 Å². The highest BCUT2D eigenvalue weighted by Crippen LogP contribution is 2.40. The zero-order valence-corrected chi connectivity index (χ0v) is 17.3. The van der Waals surface area contributed by atoms with Crippen LogP contribution in [0, 0.1) is 6.92 Å². The second kappa shape index (κ2) is 7.16. The smallest absolute Gasteiger partial charge is 0.220 e. The molecule has 3 aromatic rings. The highest BCUT2D eigenvalue weighted by Gasteiger charge is 2.42. The van der Waals surface area contributed by atoms with Gasteiger partial charge in [-0.1, -0.05) is 36.8 Å². The number of fused-ring (bicyclic) bond motifs is 1. The molecule has 2 aromatic carbocycles. The molecule has 1 aliphatic carbocycles. The zero-order chi connectivity index (χ0) is 20.7. The Morgan fingerprint density at radius 3 is 2.53 bits per heavy atom. The second-order valence-electron chi connectivity index (χ2n) is 8.22. The highest BCUT2D eigenvalue weighted by atomic mass is 15.4. The van der Waals surface area contributed by atoms with Crippen molar-refractivity contribution in [2.75, 3.05) is 4.90 Å². The summed E-state index contributed by atoms with van der Waals surface area (Å²) >= 11 is 0. The maximum atomic E-state index is 6.38. The van der Waals surface area contributed by atoms with E-state index in [9.17, 15) is 0 Å². The standard InChI is InChI=1S/C23H27N7/c1-16-26-19-14-18(10-11-20(19)29(16)15-17-8-4-2-5-9-17)30-22(25)27-21(24)28-23(30)12-6-3-7-13-23/h2,4-5,8-11,14H,3,6-7,12-13,15H2,1H3,(H4,24,25,27,28). The van der Waals surface area contributed by atoms with Crippen LogP contribution in [0.3, 0.4) is 0 Å². The summed E-state index contributed by atoms with van der Waals surface area (Å²) in [6.45, 7) is 2.84. The molecule has 1 aromatic heterocycles. The van der Waals surface area contributed by atoms with E-state index in [1.54, 1.807) is 0 Å². The molecule has 154 valence electrons. The topological polar surface area (TPSA) is 97.8 Å². The first-order valence-electron chi connectivity index (χ1n) is 10.6. The molecule has 7 nitrogen and oxygen atoms in total. The van der Waals surface area contributed by atoms with E-state index in [-0.39, 0.29) is 5.96 Å². The molecule has 1 saturated carbocycles. The fourth-order valence-electron chi connectivity index (χ4n) is 4.84. The summed E-state index contributed by atoms with van der Waals surface area (Å²) in [5, 5.41) is 0. The van der Waals surface area contributed by atoms with Crippen molar-refractivity contribution in [1.29, 1.82) is 0 Å². The van der Waals surface area contributed by atoms with Crippen LogP contribution in [0.25, 0.3) is 11.0 Å². The van der Waals surface area contributed by atoms with Gasteiger partial charge >= 0.3 is 0 Å². The highest BCUT2D eigenvalue weighted by molar-refractivity contribution is 6.06. The summed E-state index contributed by atoms with van der Waals surface area (Å²) in [4.78, 5) is 15.9. The van der Waals surface area contributed by atoms with Gasteiger partial charge < -0.3 is 16.0 Å². The van der Waals surface area contributed by atoms with Crippen molar-refractivity contribution in [1.82, 2.24) is 9.55 Å². The van der Waals surface area contributed by atoms with Gasteiger partial charge in [-0.15, -0.1) is 0 Å². The first-order valence-corrected chi connectivity index (χ1v) is 10.6. The van der Waals surface area contributed by atoms with Gasteiger partial charge in [0.15, 0.2) is 0 Å². The van der Waals surface area contributed by atoms with Crippen molar-refractivity contribution in [2.45, 2.75) is 51.2 Å². The molecule has 1 spiro atoms. The zero-order valence-electron chi connectivity index (χ0n) is 17.3. The molecule has 4 N–H and O–H groups in total. The lowest BCUT2D eigenvalue weighted by Crippen LogP contribution is -2.58. The van der Waals surface area contributed by atoms with E-state index in [0.717, 1.165) is 54.8 Å². The SMILES string of the molecule is Cc1nc2cc(N3C(N)=NC(N)=NC34CCCCC4)ccc2n1Cc1ccccc1. The third-order valence-electron chi connectivity index (χ3n) is 6.22. The minimum atomic E-state index is -0.441. The largest absolute Gasteiger partial charge is 0.369 e. The molecule has 1 aliphatic heterocycles. The number of anilines is 1. The Hall–Kier alpha value is -3.35. The Morgan fingerprint density at radius 1 is 1.00 bits per heavy atom. The van der Waals surface area contributed by atoms with Gasteiger partial charge in [-0.3, -0.25) is 4.90 Å². The van der Waals surface area contributed by atoms with E-state index in [1.165, 1.54) is 12.0 Å². The number of hydrogen-bond donors (Lipinski definition) is 2. The van der Waals surface area contributed by atoms with Crippen LogP contribution in [-0.4, -0.2) is 27.1 Å². The molecule has 0 unspecified atom stereocenters. The van der Waals surface area contributed by atoms with Crippen LogP contribution in [0.4, 0.5) is 5.69 Å². The fraction of sp³-hybridized carbons (Fsp3) is 0.348. The maximum Gasteiger partial charge on any atom is 0.220 e. The van der Waals surface area contributed by atoms with Crippen LogP contribution in [-0.2, 0) is 6.54 Å². The average molecular weight is 402 g/mol. The van der Waals surface area contributed by atoms with Crippen LogP contribution in [0.2, 0.25) is 0 Å². The minimum absolute atomic E-state index is 0.273. The molecular formula is C23H27N7. The van der Waals surface area contributed by atoms with Gasteiger partial charge in [0, 0.05) is 12.2 Å². The van der Waals surface area contributed by atoms with E-state index >= 15 is 0 Å². The van der Waals surface area contributed by atoms with Crippen LogP contribution in [0.1, 0.15) is 43.5 Å². The predicted molar refractivity (Wildman–Crippen MR) is 122 cm³/mol. The summed E-state index contributed by atoms with van der Waals surface area (Å²) in [7, 11) is 0. The Kier molecular flexibility index (Phi) is 4.46. The molecular weight excluding hydrogens is 374 g/mol. The molecule has 2 aliphatic rings. The summed E-state index contributed by atoms with van der Waals surface area (Å²) in [6, 6.07) is 16.8. The molecule has 0 bridgehead atoms. The molecule has 0 radical (unpaired) electrons.